The summed E-state index contributed by atoms with van der Waals surface area (Å²) in [6.07, 6.45) is 4.83. The van der Waals surface area contributed by atoms with Gasteiger partial charge in [0.2, 0.25) is 5.91 Å². The number of carbonyl (C=O) groups excluding carboxylic acids is 1. The van der Waals surface area contributed by atoms with Gasteiger partial charge in [-0.25, -0.2) is 0 Å². The Hall–Kier alpha value is -0.610. The van der Waals surface area contributed by atoms with Crippen LogP contribution >= 0.6 is 0 Å². The standard InChI is InChI=1S/C11H24N2O2/c1-10(9-15-2)13-11(14)7-5-3-4-6-8-12/h10H,3-9,12H2,1-2H3,(H,13,14). The Morgan fingerprint density at radius 2 is 2.00 bits per heavy atom. The summed E-state index contributed by atoms with van der Waals surface area (Å²) in [7, 11) is 1.63. The Labute approximate surface area is 92.6 Å². The lowest BCUT2D eigenvalue weighted by Gasteiger charge is -2.12. The molecule has 0 rings (SSSR count). The molecule has 0 saturated heterocycles. The number of ether oxygens (including phenoxy) is 1. The molecule has 0 bridgehead atoms. The van der Waals surface area contributed by atoms with Crippen molar-refractivity contribution in [3.8, 4) is 0 Å². The molecular weight excluding hydrogens is 192 g/mol. The second-order valence-corrected chi connectivity index (χ2v) is 3.88. The number of nitrogens with two attached hydrogens (primary N) is 1. The number of unbranched alkanes of at least 4 members (excludes halogenated alkanes) is 3. The van der Waals surface area contributed by atoms with Crippen molar-refractivity contribution in [1.29, 1.82) is 0 Å². The van der Waals surface area contributed by atoms with Gasteiger partial charge in [-0.3, -0.25) is 4.79 Å². The van der Waals surface area contributed by atoms with Crippen LogP contribution in [0.25, 0.3) is 0 Å². The van der Waals surface area contributed by atoms with Gasteiger partial charge >= 0.3 is 0 Å². The molecule has 0 heterocycles. The third-order valence-electron chi connectivity index (χ3n) is 2.18. The van der Waals surface area contributed by atoms with Crippen molar-refractivity contribution in [3.05, 3.63) is 0 Å². The molecule has 0 aliphatic rings. The lowest BCUT2D eigenvalue weighted by molar-refractivity contribution is -0.122. The van der Waals surface area contributed by atoms with E-state index in [0.717, 1.165) is 32.2 Å². The lowest BCUT2D eigenvalue weighted by Crippen LogP contribution is -2.35. The van der Waals surface area contributed by atoms with Crippen LogP contribution in [0.3, 0.4) is 0 Å². The molecule has 15 heavy (non-hydrogen) atoms. The molecule has 0 aliphatic carbocycles. The highest BCUT2D eigenvalue weighted by Crippen LogP contribution is 2.02. The summed E-state index contributed by atoms with van der Waals surface area (Å²) in [5.41, 5.74) is 5.38. The summed E-state index contributed by atoms with van der Waals surface area (Å²) in [4.78, 5) is 11.4. The first kappa shape index (κ1) is 14.4. The molecule has 0 saturated carbocycles. The van der Waals surface area contributed by atoms with Crippen LogP contribution in [0.5, 0.6) is 0 Å². The summed E-state index contributed by atoms with van der Waals surface area (Å²) < 4.78 is 4.93. The van der Waals surface area contributed by atoms with Gasteiger partial charge in [-0.2, -0.15) is 0 Å². The molecule has 1 unspecified atom stereocenters. The molecule has 1 amide bonds. The van der Waals surface area contributed by atoms with Gasteiger partial charge in [0.15, 0.2) is 0 Å². The van der Waals surface area contributed by atoms with Gasteiger partial charge in [-0.1, -0.05) is 12.8 Å². The quantitative estimate of drug-likeness (QED) is 0.566. The van der Waals surface area contributed by atoms with E-state index >= 15 is 0 Å². The summed E-state index contributed by atoms with van der Waals surface area (Å²) in [5, 5.41) is 2.88. The smallest absolute Gasteiger partial charge is 0.220 e. The maximum absolute atomic E-state index is 11.4. The Morgan fingerprint density at radius 1 is 1.33 bits per heavy atom. The number of hydrogen-bond donors (Lipinski definition) is 2. The Kier molecular flexibility index (Phi) is 9.52. The van der Waals surface area contributed by atoms with E-state index in [-0.39, 0.29) is 11.9 Å². The Morgan fingerprint density at radius 3 is 2.60 bits per heavy atom. The Balaban J connectivity index is 3.32. The summed E-state index contributed by atoms with van der Waals surface area (Å²) in [5.74, 6) is 0.118. The lowest BCUT2D eigenvalue weighted by atomic mass is 10.1. The first-order chi connectivity index (χ1) is 7.20. The molecule has 3 N–H and O–H groups in total. The van der Waals surface area contributed by atoms with E-state index in [2.05, 4.69) is 5.32 Å². The normalized spacial score (nSPS) is 12.5. The number of methoxy groups -OCH3 is 1. The number of amides is 1. The van der Waals surface area contributed by atoms with Crippen LogP contribution in [0.2, 0.25) is 0 Å². The molecule has 0 aromatic rings. The molecule has 4 heteroatoms. The average Bonchev–Trinajstić information content (AvgIpc) is 2.17. The summed E-state index contributed by atoms with van der Waals surface area (Å²) >= 11 is 0. The Bertz CT molecular complexity index is 163. The van der Waals surface area contributed by atoms with Crippen LogP contribution in [0.15, 0.2) is 0 Å². The molecule has 0 aromatic heterocycles. The number of nitrogens with one attached hydrogen (secondary N) is 1. The topological polar surface area (TPSA) is 64.3 Å². The SMILES string of the molecule is COCC(C)NC(=O)CCCCCCN. The van der Waals surface area contributed by atoms with Crippen molar-refractivity contribution in [2.24, 2.45) is 5.73 Å². The van der Waals surface area contributed by atoms with Gasteiger partial charge in [0.25, 0.3) is 0 Å². The van der Waals surface area contributed by atoms with Gasteiger partial charge < -0.3 is 15.8 Å². The van der Waals surface area contributed by atoms with Gasteiger partial charge in [0.05, 0.1) is 6.61 Å². The van der Waals surface area contributed by atoms with E-state index in [1.165, 1.54) is 0 Å². The maximum Gasteiger partial charge on any atom is 0.220 e. The summed E-state index contributed by atoms with van der Waals surface area (Å²) in [6, 6.07) is 0.103. The van der Waals surface area contributed by atoms with Crippen LogP contribution in [0, 0.1) is 0 Å². The molecule has 90 valence electrons. The van der Waals surface area contributed by atoms with E-state index < -0.39 is 0 Å². The first-order valence-corrected chi connectivity index (χ1v) is 5.69. The molecule has 0 radical (unpaired) electrons. The molecule has 1 atom stereocenters. The predicted octanol–water partition coefficient (Wildman–Crippen LogP) is 1.05. The van der Waals surface area contributed by atoms with Crippen LogP contribution in [-0.4, -0.2) is 32.2 Å². The second-order valence-electron chi connectivity index (χ2n) is 3.88. The first-order valence-electron chi connectivity index (χ1n) is 5.69. The average molecular weight is 216 g/mol. The molecule has 0 fully saturated rings. The van der Waals surface area contributed by atoms with E-state index in [1.807, 2.05) is 6.92 Å². The number of hydrogen-bond acceptors (Lipinski definition) is 3. The third kappa shape index (κ3) is 9.69. The molecule has 0 aliphatic heterocycles. The minimum atomic E-state index is 0.103. The third-order valence-corrected chi connectivity index (χ3v) is 2.18. The highest BCUT2D eigenvalue weighted by atomic mass is 16.5. The van der Waals surface area contributed by atoms with Crippen molar-refractivity contribution in [2.45, 2.75) is 45.1 Å². The van der Waals surface area contributed by atoms with Crippen molar-refractivity contribution < 1.29 is 9.53 Å². The monoisotopic (exact) mass is 216 g/mol. The van der Waals surface area contributed by atoms with E-state index in [9.17, 15) is 4.79 Å². The van der Waals surface area contributed by atoms with Crippen molar-refractivity contribution >= 4 is 5.91 Å². The van der Waals surface area contributed by atoms with Gasteiger partial charge in [-0.15, -0.1) is 0 Å². The molecular formula is C11H24N2O2. The fourth-order valence-electron chi connectivity index (χ4n) is 1.42. The zero-order valence-electron chi connectivity index (χ0n) is 9.92. The highest BCUT2D eigenvalue weighted by Gasteiger charge is 2.05. The highest BCUT2D eigenvalue weighted by molar-refractivity contribution is 5.76. The van der Waals surface area contributed by atoms with Crippen LogP contribution < -0.4 is 11.1 Å². The van der Waals surface area contributed by atoms with Crippen LogP contribution in [0.4, 0.5) is 0 Å². The predicted molar refractivity (Wildman–Crippen MR) is 61.6 cm³/mol. The van der Waals surface area contributed by atoms with E-state index in [1.54, 1.807) is 7.11 Å². The van der Waals surface area contributed by atoms with Crippen molar-refractivity contribution in [2.75, 3.05) is 20.3 Å². The number of rotatable bonds is 9. The fourth-order valence-corrected chi connectivity index (χ4v) is 1.42. The maximum atomic E-state index is 11.4. The van der Waals surface area contributed by atoms with Crippen molar-refractivity contribution in [3.63, 3.8) is 0 Å². The van der Waals surface area contributed by atoms with Crippen LogP contribution in [0.1, 0.15) is 39.0 Å². The van der Waals surface area contributed by atoms with Crippen LogP contribution in [-0.2, 0) is 9.53 Å². The number of carbonyl (C=O) groups is 1. The second kappa shape index (κ2) is 9.93. The minimum Gasteiger partial charge on any atom is -0.383 e. The molecule has 4 nitrogen and oxygen atoms in total. The zero-order chi connectivity index (χ0) is 11.5. The zero-order valence-corrected chi connectivity index (χ0v) is 9.92. The largest absolute Gasteiger partial charge is 0.383 e. The van der Waals surface area contributed by atoms with Gasteiger partial charge in [-0.05, 0) is 26.3 Å². The fraction of sp³-hybridized carbons (Fsp3) is 0.909. The van der Waals surface area contributed by atoms with Gasteiger partial charge in [0, 0.05) is 19.6 Å². The minimum absolute atomic E-state index is 0.103. The summed E-state index contributed by atoms with van der Waals surface area (Å²) in [6.45, 7) is 3.26. The van der Waals surface area contributed by atoms with Crippen molar-refractivity contribution in [1.82, 2.24) is 5.32 Å². The van der Waals surface area contributed by atoms with Gasteiger partial charge in [0.1, 0.15) is 0 Å². The van der Waals surface area contributed by atoms with E-state index in [0.29, 0.717) is 13.0 Å². The molecule has 0 spiro atoms. The molecule has 0 aromatic carbocycles. The van der Waals surface area contributed by atoms with E-state index in [4.69, 9.17) is 10.5 Å².